The molecule has 0 saturated heterocycles. The van der Waals surface area contributed by atoms with Crippen molar-refractivity contribution in [2.75, 3.05) is 6.54 Å². The van der Waals surface area contributed by atoms with E-state index in [4.69, 9.17) is 5.73 Å². The summed E-state index contributed by atoms with van der Waals surface area (Å²) in [6.45, 7) is 0.417. The first-order valence-corrected chi connectivity index (χ1v) is 9.39. The van der Waals surface area contributed by atoms with Crippen molar-refractivity contribution >= 4 is 28.3 Å². The SMILES string of the molecule is NC1CCCCC1NC(=O)/C=C1\CCNC(=O)c2[nH]c3ccc(F)cc3c21. The third-order valence-electron chi connectivity index (χ3n) is 5.44. The highest BCUT2D eigenvalue weighted by molar-refractivity contribution is 6.10. The topological polar surface area (TPSA) is 100 Å². The molecule has 2 unspecified atom stereocenters. The maximum atomic E-state index is 13.8. The van der Waals surface area contributed by atoms with Crippen molar-refractivity contribution in [2.24, 2.45) is 5.73 Å². The number of carbonyl (C=O) groups is 2. The van der Waals surface area contributed by atoms with Gasteiger partial charge in [-0.15, -0.1) is 0 Å². The summed E-state index contributed by atoms with van der Waals surface area (Å²) in [6, 6.07) is 4.28. The molecule has 0 bridgehead atoms. The van der Waals surface area contributed by atoms with Crippen molar-refractivity contribution in [3.05, 3.63) is 41.3 Å². The Morgan fingerprint density at radius 1 is 1.30 bits per heavy atom. The number of aromatic amines is 1. The fourth-order valence-electron chi connectivity index (χ4n) is 4.06. The van der Waals surface area contributed by atoms with Crippen LogP contribution in [0.25, 0.3) is 16.5 Å². The predicted molar refractivity (Wildman–Crippen MR) is 102 cm³/mol. The number of amides is 2. The second-order valence-electron chi connectivity index (χ2n) is 7.30. The number of aromatic nitrogens is 1. The molecule has 1 aromatic carbocycles. The summed E-state index contributed by atoms with van der Waals surface area (Å²) in [4.78, 5) is 28.0. The van der Waals surface area contributed by atoms with Gasteiger partial charge >= 0.3 is 0 Å². The van der Waals surface area contributed by atoms with E-state index in [2.05, 4.69) is 15.6 Å². The van der Waals surface area contributed by atoms with E-state index in [1.165, 1.54) is 18.2 Å². The predicted octanol–water partition coefficient (Wildman–Crippen LogP) is 2.21. The van der Waals surface area contributed by atoms with Crippen molar-refractivity contribution in [1.29, 1.82) is 0 Å². The van der Waals surface area contributed by atoms with Crippen molar-refractivity contribution < 1.29 is 14.0 Å². The van der Waals surface area contributed by atoms with E-state index in [0.29, 0.717) is 40.7 Å². The van der Waals surface area contributed by atoms with E-state index in [9.17, 15) is 14.0 Å². The number of nitrogens with two attached hydrogens (primary N) is 1. The first-order chi connectivity index (χ1) is 13.0. The van der Waals surface area contributed by atoms with E-state index in [-0.39, 0.29) is 29.7 Å². The lowest BCUT2D eigenvalue weighted by atomic mass is 9.91. The van der Waals surface area contributed by atoms with Crippen LogP contribution >= 0.6 is 0 Å². The smallest absolute Gasteiger partial charge is 0.268 e. The van der Waals surface area contributed by atoms with Crippen molar-refractivity contribution in [3.8, 4) is 0 Å². The summed E-state index contributed by atoms with van der Waals surface area (Å²) in [5.74, 6) is -0.857. The third-order valence-corrected chi connectivity index (χ3v) is 5.44. The molecule has 2 heterocycles. The number of benzene rings is 1. The summed E-state index contributed by atoms with van der Waals surface area (Å²) in [5.41, 5.74) is 8.46. The lowest BCUT2D eigenvalue weighted by Crippen LogP contribution is -2.48. The van der Waals surface area contributed by atoms with Gasteiger partial charge in [0.1, 0.15) is 11.5 Å². The average Bonchev–Trinajstić information content (AvgIpc) is 2.94. The minimum absolute atomic E-state index is 0.0313. The summed E-state index contributed by atoms with van der Waals surface area (Å²) in [5, 5.41) is 6.42. The Labute approximate surface area is 156 Å². The molecule has 6 nitrogen and oxygen atoms in total. The number of nitrogens with one attached hydrogen (secondary N) is 3. The summed E-state index contributed by atoms with van der Waals surface area (Å²) < 4.78 is 13.8. The quantitative estimate of drug-likeness (QED) is 0.610. The van der Waals surface area contributed by atoms with Crippen molar-refractivity contribution in [1.82, 2.24) is 15.6 Å². The Hall–Kier alpha value is -2.67. The fourth-order valence-corrected chi connectivity index (χ4v) is 4.06. The molecule has 2 aliphatic rings. The van der Waals surface area contributed by atoms with Gasteiger partial charge in [-0.05, 0) is 43.0 Å². The van der Waals surface area contributed by atoms with Gasteiger partial charge in [-0.1, -0.05) is 12.8 Å². The van der Waals surface area contributed by atoms with Crippen LogP contribution in [0, 0.1) is 5.82 Å². The van der Waals surface area contributed by atoms with Gasteiger partial charge in [0.25, 0.3) is 5.91 Å². The molecule has 7 heteroatoms. The molecule has 142 valence electrons. The zero-order valence-corrected chi connectivity index (χ0v) is 15.0. The van der Waals surface area contributed by atoms with E-state index < -0.39 is 0 Å². The van der Waals surface area contributed by atoms with Crippen molar-refractivity contribution in [3.63, 3.8) is 0 Å². The Kier molecular flexibility index (Phi) is 4.70. The summed E-state index contributed by atoms with van der Waals surface area (Å²) in [6.07, 6.45) is 5.95. The molecule has 5 N–H and O–H groups in total. The number of hydrogen-bond donors (Lipinski definition) is 4. The molecule has 27 heavy (non-hydrogen) atoms. The van der Waals surface area contributed by atoms with Gasteiger partial charge < -0.3 is 21.4 Å². The Morgan fingerprint density at radius 2 is 2.11 bits per heavy atom. The lowest BCUT2D eigenvalue weighted by molar-refractivity contribution is -0.117. The fraction of sp³-hybridized carbons (Fsp3) is 0.400. The highest BCUT2D eigenvalue weighted by atomic mass is 19.1. The minimum Gasteiger partial charge on any atom is -0.350 e. The van der Waals surface area contributed by atoms with Gasteiger partial charge in [-0.2, -0.15) is 0 Å². The number of rotatable bonds is 2. The number of H-pyrrole nitrogens is 1. The van der Waals surface area contributed by atoms with E-state index in [1.807, 2.05) is 0 Å². The molecule has 1 fully saturated rings. The Morgan fingerprint density at radius 3 is 2.93 bits per heavy atom. The van der Waals surface area contributed by atoms with Crippen molar-refractivity contribution in [2.45, 2.75) is 44.2 Å². The van der Waals surface area contributed by atoms with Crippen LogP contribution in [0.4, 0.5) is 4.39 Å². The largest absolute Gasteiger partial charge is 0.350 e. The zero-order valence-electron chi connectivity index (χ0n) is 15.0. The normalized spacial score (nSPS) is 24.4. The van der Waals surface area contributed by atoms with Crippen LogP contribution in [0.3, 0.4) is 0 Å². The monoisotopic (exact) mass is 370 g/mol. The number of fused-ring (bicyclic) bond motifs is 3. The van der Waals surface area contributed by atoms with Crippen LogP contribution in [0.1, 0.15) is 48.2 Å². The molecule has 1 saturated carbocycles. The molecule has 1 aliphatic heterocycles. The van der Waals surface area contributed by atoms with Crippen LogP contribution in [-0.4, -0.2) is 35.4 Å². The van der Waals surface area contributed by atoms with Crippen LogP contribution in [0.15, 0.2) is 24.3 Å². The van der Waals surface area contributed by atoms with Gasteiger partial charge in [0.15, 0.2) is 0 Å². The van der Waals surface area contributed by atoms with Gasteiger partial charge in [-0.25, -0.2) is 4.39 Å². The Balaban J connectivity index is 1.70. The van der Waals surface area contributed by atoms with Gasteiger partial charge in [0.05, 0.1) is 0 Å². The van der Waals surface area contributed by atoms with E-state index in [1.54, 1.807) is 6.07 Å². The standard InChI is InChI=1S/C20H23FN4O2/c21-12-5-6-15-13(10-12)18-11(7-8-23-20(27)19(18)25-15)9-17(26)24-16-4-2-1-3-14(16)22/h5-6,9-10,14,16,25H,1-4,7-8,22H2,(H,23,27)(H,24,26)/b11-9+. The molecule has 2 amide bonds. The Bertz CT molecular complexity index is 933. The van der Waals surface area contributed by atoms with Gasteiger partial charge in [0, 0.05) is 41.2 Å². The highest BCUT2D eigenvalue weighted by Gasteiger charge is 2.26. The maximum absolute atomic E-state index is 13.8. The molecule has 1 aromatic heterocycles. The summed E-state index contributed by atoms with van der Waals surface area (Å²) >= 11 is 0. The third kappa shape index (κ3) is 3.47. The minimum atomic E-state index is -0.383. The molecular formula is C20H23FN4O2. The summed E-state index contributed by atoms with van der Waals surface area (Å²) in [7, 11) is 0. The zero-order chi connectivity index (χ0) is 19.0. The van der Waals surface area contributed by atoms with Crippen LogP contribution in [0.5, 0.6) is 0 Å². The van der Waals surface area contributed by atoms with Crippen LogP contribution in [0.2, 0.25) is 0 Å². The van der Waals surface area contributed by atoms with E-state index >= 15 is 0 Å². The number of hydrogen-bond acceptors (Lipinski definition) is 3. The number of halogens is 1. The second kappa shape index (κ2) is 7.15. The molecule has 2 atom stereocenters. The molecule has 4 rings (SSSR count). The maximum Gasteiger partial charge on any atom is 0.268 e. The van der Waals surface area contributed by atoms with E-state index in [0.717, 1.165) is 25.7 Å². The van der Waals surface area contributed by atoms with Gasteiger partial charge in [-0.3, -0.25) is 9.59 Å². The molecule has 0 spiro atoms. The van der Waals surface area contributed by atoms with Crippen LogP contribution < -0.4 is 16.4 Å². The first-order valence-electron chi connectivity index (χ1n) is 9.39. The second-order valence-corrected chi connectivity index (χ2v) is 7.30. The molecule has 2 aromatic rings. The van der Waals surface area contributed by atoms with Crippen LogP contribution in [-0.2, 0) is 4.79 Å². The molecule has 0 radical (unpaired) electrons. The number of carbonyl (C=O) groups excluding carboxylic acids is 2. The molecule has 1 aliphatic carbocycles. The first kappa shape index (κ1) is 17.7. The highest BCUT2D eigenvalue weighted by Crippen LogP contribution is 2.33. The average molecular weight is 370 g/mol. The van der Waals surface area contributed by atoms with Gasteiger partial charge in [0.2, 0.25) is 5.91 Å². The lowest BCUT2D eigenvalue weighted by Gasteiger charge is -2.28. The molecular weight excluding hydrogens is 347 g/mol.